The second-order valence-corrected chi connectivity index (χ2v) is 21.3. The number of para-hydroxylation sites is 2. The first kappa shape index (κ1) is 41.1. The Labute approximate surface area is 411 Å². The van der Waals surface area contributed by atoms with Crippen molar-refractivity contribution in [2.45, 2.75) is 56.8 Å². The molecule has 2 unspecified atom stereocenters. The molecule has 0 saturated carbocycles. The maximum absolute atomic E-state index is 2.56. The second kappa shape index (κ2) is 14.8. The Morgan fingerprint density at radius 3 is 1.74 bits per heavy atom. The van der Waals surface area contributed by atoms with E-state index in [-0.39, 0.29) is 10.8 Å². The highest BCUT2D eigenvalue weighted by Gasteiger charge is 2.53. The van der Waals surface area contributed by atoms with E-state index >= 15 is 0 Å². The monoisotopic (exact) mass is 898 g/mol. The summed E-state index contributed by atoms with van der Waals surface area (Å²) in [6.45, 7) is 12.1. The molecule has 2 heteroatoms. The van der Waals surface area contributed by atoms with Crippen LogP contribution in [-0.4, -0.2) is 4.57 Å². The van der Waals surface area contributed by atoms with Gasteiger partial charge in [-0.1, -0.05) is 204 Å². The van der Waals surface area contributed by atoms with Gasteiger partial charge in [-0.15, -0.1) is 0 Å². The van der Waals surface area contributed by atoms with Gasteiger partial charge < -0.3 is 9.47 Å². The maximum atomic E-state index is 2.56. The molecule has 14 rings (SSSR count). The molecule has 1 spiro atoms. The lowest BCUT2D eigenvalue weighted by Gasteiger charge is -2.46. The number of benzene rings is 9. The minimum atomic E-state index is -0.491. The molecule has 70 heavy (non-hydrogen) atoms. The molecule has 1 aromatic heterocycles. The van der Waals surface area contributed by atoms with Gasteiger partial charge in [-0.05, 0) is 133 Å². The molecule has 0 saturated heterocycles. The Kier molecular flexibility index (Phi) is 8.67. The van der Waals surface area contributed by atoms with Gasteiger partial charge in [0.25, 0.3) is 0 Å². The fourth-order valence-electron chi connectivity index (χ4n) is 13.8. The lowest BCUT2D eigenvalue weighted by atomic mass is 9.55. The molecule has 4 aliphatic rings. The van der Waals surface area contributed by atoms with E-state index in [1.165, 1.54) is 106 Å². The van der Waals surface area contributed by atoms with Crippen LogP contribution in [0.1, 0.15) is 85.0 Å². The predicted octanol–water partition coefficient (Wildman–Crippen LogP) is 17.1. The average molecular weight is 899 g/mol. The quantitative estimate of drug-likeness (QED) is 0.167. The standard InChI is InChI=1S/C68H54N2/c1-43-39-49(42-62-65(43)53-23-10-12-24-55(53)66(62,2)3)69(47-34-31-44(32-35-47)45-33-38-64-54(40-45)52-22-11-18-30-63(52)70(64)46-19-7-6-8-20-46)48-36-37-51-50-21-9-13-25-56(50)68(61(51)41-48)59-28-16-14-26-57(59)67(4,5)58-27-15-17-29-60(58)68/h6-43,65H,1-5H3. The van der Waals surface area contributed by atoms with Gasteiger partial charge in [0.2, 0.25) is 0 Å². The van der Waals surface area contributed by atoms with Crippen LogP contribution >= 0.6 is 0 Å². The molecule has 4 aliphatic carbocycles. The van der Waals surface area contributed by atoms with E-state index in [4.69, 9.17) is 0 Å². The van der Waals surface area contributed by atoms with E-state index in [1.54, 1.807) is 0 Å². The van der Waals surface area contributed by atoms with Crippen molar-refractivity contribution in [3.05, 3.63) is 280 Å². The molecule has 0 radical (unpaired) electrons. The molecule has 1 heterocycles. The topological polar surface area (TPSA) is 8.17 Å². The van der Waals surface area contributed by atoms with Crippen LogP contribution in [0, 0.1) is 5.92 Å². The summed E-state index contributed by atoms with van der Waals surface area (Å²) in [6.07, 6.45) is 5.09. The number of fused-ring (bicyclic) bond motifs is 15. The van der Waals surface area contributed by atoms with Crippen LogP contribution in [0.15, 0.2) is 236 Å². The maximum Gasteiger partial charge on any atom is 0.0720 e. The van der Waals surface area contributed by atoms with Gasteiger partial charge in [-0.3, -0.25) is 0 Å². The molecule has 0 amide bonds. The zero-order chi connectivity index (χ0) is 47.1. The molecule has 2 nitrogen and oxygen atoms in total. The minimum absolute atomic E-state index is 0.0984. The van der Waals surface area contributed by atoms with Gasteiger partial charge in [0.15, 0.2) is 0 Å². The Hall–Kier alpha value is -7.94. The summed E-state index contributed by atoms with van der Waals surface area (Å²) >= 11 is 0. The Morgan fingerprint density at radius 2 is 1.00 bits per heavy atom. The summed E-state index contributed by atoms with van der Waals surface area (Å²) in [5.41, 5.74) is 24.0. The van der Waals surface area contributed by atoms with Crippen molar-refractivity contribution in [2.24, 2.45) is 5.92 Å². The predicted molar refractivity (Wildman–Crippen MR) is 292 cm³/mol. The lowest BCUT2D eigenvalue weighted by Crippen LogP contribution is -2.40. The summed E-state index contributed by atoms with van der Waals surface area (Å²) in [6, 6.07) is 80.1. The number of hydrogen-bond donors (Lipinski definition) is 0. The van der Waals surface area contributed by atoms with Gasteiger partial charge in [-0.2, -0.15) is 0 Å². The summed E-state index contributed by atoms with van der Waals surface area (Å²) in [5, 5.41) is 2.52. The lowest BCUT2D eigenvalue weighted by molar-refractivity contribution is 0.546. The van der Waals surface area contributed by atoms with Crippen molar-refractivity contribution in [1.82, 2.24) is 4.57 Å². The number of hydrogen-bond acceptors (Lipinski definition) is 1. The highest BCUT2D eigenvalue weighted by atomic mass is 15.1. The molecule has 0 bridgehead atoms. The van der Waals surface area contributed by atoms with Crippen molar-refractivity contribution >= 4 is 33.2 Å². The first-order chi connectivity index (χ1) is 34.2. The van der Waals surface area contributed by atoms with Gasteiger partial charge in [0, 0.05) is 50.3 Å². The van der Waals surface area contributed by atoms with Crippen LogP contribution in [0.4, 0.5) is 11.4 Å². The normalized spacial score (nSPS) is 18.3. The zero-order valence-electron chi connectivity index (χ0n) is 40.4. The van der Waals surface area contributed by atoms with Crippen LogP contribution in [-0.2, 0) is 16.2 Å². The largest absolute Gasteiger partial charge is 0.311 e. The third-order valence-corrected chi connectivity index (χ3v) is 17.0. The molecule has 0 aliphatic heterocycles. The Morgan fingerprint density at radius 1 is 0.429 bits per heavy atom. The summed E-state index contributed by atoms with van der Waals surface area (Å²) in [7, 11) is 0. The van der Waals surface area contributed by atoms with E-state index in [0.29, 0.717) is 11.8 Å². The summed E-state index contributed by atoms with van der Waals surface area (Å²) in [4.78, 5) is 2.56. The highest BCUT2D eigenvalue weighted by Crippen LogP contribution is 2.63. The van der Waals surface area contributed by atoms with Crippen LogP contribution in [0.5, 0.6) is 0 Å². The summed E-state index contributed by atoms with van der Waals surface area (Å²) in [5.74, 6) is 0.645. The molecule has 0 N–H and O–H groups in total. The highest BCUT2D eigenvalue weighted by molar-refractivity contribution is 6.10. The molecule has 10 aromatic rings. The van der Waals surface area contributed by atoms with E-state index in [1.807, 2.05) is 0 Å². The van der Waals surface area contributed by atoms with E-state index in [9.17, 15) is 0 Å². The van der Waals surface area contributed by atoms with Crippen molar-refractivity contribution in [2.75, 3.05) is 4.90 Å². The number of allylic oxidation sites excluding steroid dienone is 3. The van der Waals surface area contributed by atoms with Crippen molar-refractivity contribution < 1.29 is 0 Å². The first-order valence-corrected chi connectivity index (χ1v) is 25.1. The molecule has 0 fully saturated rings. The third kappa shape index (κ3) is 5.51. The Bertz CT molecular complexity index is 3810. The number of anilines is 2. The van der Waals surface area contributed by atoms with Crippen LogP contribution in [0.2, 0.25) is 0 Å². The average Bonchev–Trinajstić information content (AvgIpc) is 3.97. The van der Waals surface area contributed by atoms with Crippen molar-refractivity contribution in [3.63, 3.8) is 0 Å². The molecular weight excluding hydrogens is 845 g/mol. The van der Waals surface area contributed by atoms with Crippen LogP contribution in [0.25, 0.3) is 49.7 Å². The van der Waals surface area contributed by atoms with Gasteiger partial charge in [0.05, 0.1) is 16.4 Å². The number of nitrogens with zero attached hydrogens (tertiary/aromatic N) is 2. The summed E-state index contributed by atoms with van der Waals surface area (Å²) < 4.78 is 2.39. The fraction of sp³-hybridized carbons (Fsp3) is 0.147. The minimum Gasteiger partial charge on any atom is -0.311 e. The molecular formula is C68H54N2. The molecule has 2 atom stereocenters. The van der Waals surface area contributed by atoms with Gasteiger partial charge >= 0.3 is 0 Å². The van der Waals surface area contributed by atoms with Crippen molar-refractivity contribution in [3.8, 4) is 27.9 Å². The third-order valence-electron chi connectivity index (χ3n) is 17.0. The van der Waals surface area contributed by atoms with Crippen LogP contribution in [0.3, 0.4) is 0 Å². The number of aromatic nitrogens is 1. The van der Waals surface area contributed by atoms with E-state index in [2.05, 4.69) is 269 Å². The number of rotatable bonds is 5. The van der Waals surface area contributed by atoms with Crippen LogP contribution < -0.4 is 4.90 Å². The van der Waals surface area contributed by atoms with E-state index in [0.717, 1.165) is 11.4 Å². The first-order valence-electron chi connectivity index (χ1n) is 25.1. The van der Waals surface area contributed by atoms with E-state index < -0.39 is 5.41 Å². The van der Waals surface area contributed by atoms with Gasteiger partial charge in [-0.25, -0.2) is 0 Å². The fourth-order valence-corrected chi connectivity index (χ4v) is 13.8. The molecule has 9 aromatic carbocycles. The smallest absolute Gasteiger partial charge is 0.0720 e. The van der Waals surface area contributed by atoms with Gasteiger partial charge in [0.1, 0.15) is 0 Å². The Balaban J connectivity index is 0.963. The van der Waals surface area contributed by atoms with Crippen molar-refractivity contribution in [1.29, 1.82) is 0 Å². The SMILES string of the molecule is CC1C=C(N(c2ccc(-c3ccc4c(c3)c3ccccc3n4-c3ccccc3)cc2)c2ccc3c(c2)C2(c4ccccc4-3)c3ccccc3C(C)(C)c3ccccc32)C=C2C1c1ccccc1C2(C)C. The molecule has 336 valence electrons. The zero-order valence-corrected chi connectivity index (χ0v) is 40.4. The second-order valence-electron chi connectivity index (χ2n) is 21.3.